The molecule has 2 N–H and O–H groups in total. The SMILES string of the molecule is CCOC(=O)c1ccn(-c2cccc(NC(=O)Cc3c[nH]c4ccc(OC)cc34)c2)n1. The second-order valence-corrected chi connectivity index (χ2v) is 6.87. The van der Waals surface area contributed by atoms with Crippen molar-refractivity contribution < 1.29 is 19.1 Å². The van der Waals surface area contributed by atoms with Crippen LogP contribution >= 0.6 is 0 Å². The van der Waals surface area contributed by atoms with E-state index in [1.165, 1.54) is 0 Å². The minimum absolute atomic E-state index is 0.145. The molecule has 0 atom stereocenters. The second-order valence-electron chi connectivity index (χ2n) is 6.87. The monoisotopic (exact) mass is 418 g/mol. The number of nitrogens with zero attached hydrogens (tertiary/aromatic N) is 2. The lowest BCUT2D eigenvalue weighted by Crippen LogP contribution is -2.14. The number of fused-ring (bicyclic) bond motifs is 1. The van der Waals surface area contributed by atoms with Gasteiger partial charge in [-0.2, -0.15) is 5.10 Å². The normalized spacial score (nSPS) is 10.8. The Bertz CT molecular complexity index is 1240. The van der Waals surface area contributed by atoms with Gasteiger partial charge in [-0.3, -0.25) is 4.79 Å². The van der Waals surface area contributed by atoms with Crippen molar-refractivity contribution in [2.45, 2.75) is 13.3 Å². The summed E-state index contributed by atoms with van der Waals surface area (Å²) in [5.41, 5.74) is 3.40. The zero-order chi connectivity index (χ0) is 21.8. The molecule has 2 aromatic heterocycles. The lowest BCUT2D eigenvalue weighted by molar-refractivity contribution is -0.115. The van der Waals surface area contributed by atoms with Crippen molar-refractivity contribution in [3.63, 3.8) is 0 Å². The third-order valence-electron chi connectivity index (χ3n) is 4.79. The van der Waals surface area contributed by atoms with Gasteiger partial charge in [0.05, 0.1) is 25.8 Å². The first-order chi connectivity index (χ1) is 15.1. The van der Waals surface area contributed by atoms with Gasteiger partial charge >= 0.3 is 5.97 Å². The zero-order valence-electron chi connectivity index (χ0n) is 17.2. The fraction of sp³-hybridized carbons (Fsp3) is 0.174. The smallest absolute Gasteiger partial charge is 0.358 e. The zero-order valence-corrected chi connectivity index (χ0v) is 17.2. The lowest BCUT2D eigenvalue weighted by Gasteiger charge is -2.08. The number of esters is 1. The number of ether oxygens (including phenoxy) is 2. The molecule has 0 spiro atoms. The highest BCUT2D eigenvalue weighted by atomic mass is 16.5. The van der Waals surface area contributed by atoms with E-state index in [9.17, 15) is 9.59 Å². The third-order valence-corrected chi connectivity index (χ3v) is 4.79. The lowest BCUT2D eigenvalue weighted by atomic mass is 10.1. The molecule has 31 heavy (non-hydrogen) atoms. The van der Waals surface area contributed by atoms with Gasteiger partial charge in [0.1, 0.15) is 5.75 Å². The average Bonchev–Trinajstić information content (AvgIpc) is 3.42. The molecule has 0 aliphatic carbocycles. The van der Waals surface area contributed by atoms with Crippen LogP contribution in [0.1, 0.15) is 23.0 Å². The molecule has 0 radical (unpaired) electrons. The number of amides is 1. The molecule has 4 rings (SSSR count). The quantitative estimate of drug-likeness (QED) is 0.446. The fourth-order valence-corrected chi connectivity index (χ4v) is 3.32. The first kappa shape index (κ1) is 20.2. The Labute approximate surface area is 178 Å². The van der Waals surface area contributed by atoms with Crippen LogP contribution in [0.2, 0.25) is 0 Å². The van der Waals surface area contributed by atoms with Gasteiger partial charge in [-0.15, -0.1) is 0 Å². The summed E-state index contributed by atoms with van der Waals surface area (Å²) in [5, 5.41) is 8.11. The average molecular weight is 418 g/mol. The van der Waals surface area contributed by atoms with Gasteiger partial charge in [-0.05, 0) is 55.0 Å². The van der Waals surface area contributed by atoms with Crippen LogP contribution in [0.15, 0.2) is 60.9 Å². The van der Waals surface area contributed by atoms with Gasteiger partial charge in [0.25, 0.3) is 0 Å². The largest absolute Gasteiger partial charge is 0.497 e. The van der Waals surface area contributed by atoms with E-state index in [1.54, 1.807) is 43.1 Å². The minimum Gasteiger partial charge on any atom is -0.497 e. The fourth-order valence-electron chi connectivity index (χ4n) is 3.32. The van der Waals surface area contributed by atoms with Crippen molar-refractivity contribution >= 4 is 28.5 Å². The van der Waals surface area contributed by atoms with Crippen LogP contribution in [0.5, 0.6) is 5.75 Å². The van der Waals surface area contributed by atoms with Crippen LogP contribution < -0.4 is 10.1 Å². The van der Waals surface area contributed by atoms with Crippen LogP contribution in [0.4, 0.5) is 5.69 Å². The maximum atomic E-state index is 12.7. The molecule has 2 heterocycles. The van der Waals surface area contributed by atoms with Crippen LogP contribution in [0.3, 0.4) is 0 Å². The van der Waals surface area contributed by atoms with E-state index < -0.39 is 5.97 Å². The topological polar surface area (TPSA) is 98.2 Å². The van der Waals surface area contributed by atoms with Crippen LogP contribution in [-0.4, -0.2) is 40.4 Å². The van der Waals surface area contributed by atoms with Crippen molar-refractivity contribution in [1.29, 1.82) is 0 Å². The molecule has 4 aromatic rings. The van der Waals surface area contributed by atoms with E-state index in [-0.39, 0.29) is 24.6 Å². The van der Waals surface area contributed by atoms with Gasteiger partial charge in [-0.25, -0.2) is 9.48 Å². The molecule has 1 amide bonds. The highest BCUT2D eigenvalue weighted by Gasteiger charge is 2.13. The number of benzene rings is 2. The summed E-state index contributed by atoms with van der Waals surface area (Å²) >= 11 is 0. The van der Waals surface area contributed by atoms with Crippen LogP contribution in [0.25, 0.3) is 16.6 Å². The van der Waals surface area contributed by atoms with E-state index >= 15 is 0 Å². The molecule has 0 aliphatic rings. The molecule has 2 aromatic carbocycles. The van der Waals surface area contributed by atoms with Crippen molar-refractivity contribution in [2.75, 3.05) is 19.0 Å². The Morgan fingerprint density at radius 3 is 2.84 bits per heavy atom. The van der Waals surface area contributed by atoms with Gasteiger partial charge in [0.2, 0.25) is 5.91 Å². The first-order valence-electron chi connectivity index (χ1n) is 9.84. The number of methoxy groups -OCH3 is 1. The summed E-state index contributed by atoms with van der Waals surface area (Å²) in [5.74, 6) is 0.123. The number of hydrogen-bond donors (Lipinski definition) is 2. The van der Waals surface area contributed by atoms with Gasteiger partial charge in [0, 0.05) is 29.0 Å². The summed E-state index contributed by atoms with van der Waals surface area (Å²) in [4.78, 5) is 27.6. The number of hydrogen-bond acceptors (Lipinski definition) is 5. The van der Waals surface area contributed by atoms with Crippen molar-refractivity contribution in [3.05, 3.63) is 72.2 Å². The van der Waals surface area contributed by atoms with Gasteiger partial charge < -0.3 is 19.8 Å². The van der Waals surface area contributed by atoms with E-state index in [0.29, 0.717) is 11.4 Å². The number of carbonyl (C=O) groups excluding carboxylic acids is 2. The Morgan fingerprint density at radius 1 is 1.16 bits per heavy atom. The van der Waals surface area contributed by atoms with Crippen molar-refractivity contribution in [2.24, 2.45) is 0 Å². The Hall–Kier alpha value is -4.07. The standard InChI is InChI=1S/C23H22N4O4/c1-3-31-23(29)21-9-10-27(26-21)17-6-4-5-16(12-17)25-22(28)11-15-14-24-20-8-7-18(30-2)13-19(15)20/h4-10,12-14,24H,3,11H2,1-2H3,(H,25,28). The number of carbonyl (C=O) groups is 2. The number of nitrogens with one attached hydrogen (secondary N) is 2. The van der Waals surface area contributed by atoms with Crippen molar-refractivity contribution in [1.82, 2.24) is 14.8 Å². The second kappa shape index (κ2) is 8.74. The predicted octanol–water partition coefficient (Wildman–Crippen LogP) is 3.72. The summed E-state index contributed by atoms with van der Waals surface area (Å²) < 4.78 is 11.8. The molecule has 0 saturated heterocycles. The van der Waals surface area contributed by atoms with E-state index in [1.807, 2.05) is 36.5 Å². The van der Waals surface area contributed by atoms with Gasteiger partial charge in [-0.1, -0.05) is 6.07 Å². The first-order valence-corrected chi connectivity index (χ1v) is 9.84. The molecule has 0 bridgehead atoms. The maximum Gasteiger partial charge on any atom is 0.358 e. The summed E-state index contributed by atoms with van der Waals surface area (Å²) in [6, 6.07) is 14.5. The molecule has 158 valence electrons. The number of anilines is 1. The number of aromatic nitrogens is 3. The molecular weight excluding hydrogens is 396 g/mol. The minimum atomic E-state index is -0.471. The van der Waals surface area contributed by atoms with Crippen molar-refractivity contribution in [3.8, 4) is 11.4 Å². The maximum absolute atomic E-state index is 12.7. The highest BCUT2D eigenvalue weighted by Crippen LogP contribution is 2.24. The summed E-state index contributed by atoms with van der Waals surface area (Å²) in [7, 11) is 1.61. The van der Waals surface area contributed by atoms with Crippen LogP contribution in [-0.2, 0) is 16.0 Å². The molecular formula is C23H22N4O4. The number of rotatable bonds is 7. The molecule has 8 nitrogen and oxygen atoms in total. The summed E-state index contributed by atoms with van der Waals surface area (Å²) in [6.45, 7) is 2.03. The third kappa shape index (κ3) is 4.42. The van der Waals surface area contributed by atoms with E-state index in [2.05, 4.69) is 15.4 Å². The number of H-pyrrole nitrogens is 1. The number of aromatic amines is 1. The molecule has 8 heteroatoms. The Balaban J connectivity index is 1.48. The molecule has 0 fully saturated rings. The molecule has 0 aliphatic heterocycles. The predicted molar refractivity (Wildman–Crippen MR) is 117 cm³/mol. The Kier molecular flexibility index (Phi) is 5.70. The molecule has 0 saturated carbocycles. The van der Waals surface area contributed by atoms with E-state index in [0.717, 1.165) is 22.2 Å². The summed E-state index contributed by atoms with van der Waals surface area (Å²) in [6.07, 6.45) is 3.72. The van der Waals surface area contributed by atoms with E-state index in [4.69, 9.17) is 9.47 Å². The van der Waals surface area contributed by atoms with Crippen LogP contribution in [0, 0.1) is 0 Å². The Morgan fingerprint density at radius 2 is 2.03 bits per heavy atom. The molecule has 0 unspecified atom stereocenters. The van der Waals surface area contributed by atoms with Gasteiger partial charge in [0.15, 0.2) is 5.69 Å². The highest BCUT2D eigenvalue weighted by molar-refractivity contribution is 5.96.